The van der Waals surface area contributed by atoms with Crippen LogP contribution in [0.15, 0.2) is 6.07 Å². The van der Waals surface area contributed by atoms with Crippen LogP contribution in [0, 0.1) is 11.3 Å². The molecule has 2 heterocycles. The molecule has 4 nitrogen and oxygen atoms in total. The molecule has 0 amide bonds. The predicted molar refractivity (Wildman–Crippen MR) is 90.1 cm³/mol. The summed E-state index contributed by atoms with van der Waals surface area (Å²) in [5, 5.41) is 21.4. The number of fused-ring (bicyclic) bond motifs is 1. The van der Waals surface area contributed by atoms with Gasteiger partial charge in [-0.3, -0.25) is 4.79 Å². The van der Waals surface area contributed by atoms with Gasteiger partial charge in [-0.1, -0.05) is 34.1 Å². The third-order valence-electron chi connectivity index (χ3n) is 6.74. The van der Waals surface area contributed by atoms with E-state index in [0.29, 0.717) is 12.0 Å². The van der Waals surface area contributed by atoms with Gasteiger partial charge in [0, 0.05) is 16.7 Å². The highest BCUT2D eigenvalue weighted by atomic mass is 16.5. The van der Waals surface area contributed by atoms with E-state index in [2.05, 4.69) is 13.8 Å². The average molecular weight is 330 g/mol. The maximum Gasteiger partial charge on any atom is 0.317 e. The molecule has 1 saturated carbocycles. The van der Waals surface area contributed by atoms with Crippen molar-refractivity contribution in [1.29, 1.82) is 0 Å². The van der Waals surface area contributed by atoms with Gasteiger partial charge in [0.2, 0.25) is 0 Å². The zero-order valence-electron chi connectivity index (χ0n) is 14.8. The average Bonchev–Trinajstić information content (AvgIpc) is 2.50. The topological polar surface area (TPSA) is 66.8 Å². The van der Waals surface area contributed by atoms with Crippen molar-refractivity contribution < 1.29 is 19.7 Å². The molecular formula is C20H26O4. The van der Waals surface area contributed by atoms with Crippen molar-refractivity contribution in [2.45, 2.75) is 70.8 Å². The number of rotatable bonds is 1. The second-order valence-electron chi connectivity index (χ2n) is 8.78. The van der Waals surface area contributed by atoms with E-state index in [1.165, 1.54) is 0 Å². The van der Waals surface area contributed by atoms with Crippen molar-refractivity contribution in [3.63, 3.8) is 0 Å². The van der Waals surface area contributed by atoms with E-state index in [0.717, 1.165) is 30.4 Å². The van der Waals surface area contributed by atoms with Crippen LogP contribution in [0.25, 0.3) is 0 Å². The lowest BCUT2D eigenvalue weighted by Crippen LogP contribution is -2.59. The van der Waals surface area contributed by atoms with E-state index in [1.54, 1.807) is 0 Å². The first-order valence-electron chi connectivity index (χ1n) is 9.00. The van der Waals surface area contributed by atoms with E-state index < -0.39 is 5.41 Å². The molecule has 2 aliphatic carbocycles. The van der Waals surface area contributed by atoms with Crippen molar-refractivity contribution >= 4 is 5.97 Å². The van der Waals surface area contributed by atoms with Crippen LogP contribution >= 0.6 is 0 Å². The minimum Gasteiger partial charge on any atom is -0.504 e. The Bertz CT molecular complexity index is 734. The summed E-state index contributed by atoms with van der Waals surface area (Å²) in [4.78, 5) is 12.9. The van der Waals surface area contributed by atoms with Gasteiger partial charge < -0.3 is 14.9 Å². The molecule has 2 bridgehead atoms. The molecule has 4 heteroatoms. The third kappa shape index (κ3) is 1.72. The Balaban J connectivity index is 2.02. The highest BCUT2D eigenvalue weighted by Crippen LogP contribution is 2.66. The molecule has 4 aliphatic rings. The van der Waals surface area contributed by atoms with Crippen LogP contribution < -0.4 is 0 Å². The van der Waals surface area contributed by atoms with Crippen molar-refractivity contribution in [1.82, 2.24) is 0 Å². The van der Waals surface area contributed by atoms with Crippen LogP contribution in [0.2, 0.25) is 0 Å². The monoisotopic (exact) mass is 330 g/mol. The van der Waals surface area contributed by atoms with Crippen molar-refractivity contribution in [3.8, 4) is 11.5 Å². The Morgan fingerprint density at radius 3 is 2.58 bits per heavy atom. The van der Waals surface area contributed by atoms with Crippen molar-refractivity contribution in [2.24, 2.45) is 11.3 Å². The van der Waals surface area contributed by atoms with E-state index in [4.69, 9.17) is 4.74 Å². The Labute approximate surface area is 142 Å². The lowest BCUT2D eigenvalue weighted by atomic mass is 9.47. The van der Waals surface area contributed by atoms with Crippen LogP contribution in [0.4, 0.5) is 0 Å². The number of aromatic hydroxyl groups is 2. The SMILES string of the molecule is CC(C)c1cc2c(c(O)c1O)[C@@]13CCCC(C)(C)[C@@H]1C[C@H]2OC3=O. The number of esters is 1. The summed E-state index contributed by atoms with van der Waals surface area (Å²) < 4.78 is 5.76. The molecule has 2 aliphatic heterocycles. The summed E-state index contributed by atoms with van der Waals surface area (Å²) in [7, 11) is 0. The molecule has 0 aromatic heterocycles. The molecule has 1 spiro atoms. The Morgan fingerprint density at radius 1 is 1.21 bits per heavy atom. The molecule has 2 fully saturated rings. The third-order valence-corrected chi connectivity index (χ3v) is 6.74. The number of hydrogen-bond donors (Lipinski definition) is 2. The number of ether oxygens (including phenoxy) is 1. The lowest BCUT2D eigenvalue weighted by molar-refractivity contribution is -0.185. The maximum absolute atomic E-state index is 12.9. The molecule has 24 heavy (non-hydrogen) atoms. The van der Waals surface area contributed by atoms with E-state index in [-0.39, 0.29) is 40.8 Å². The van der Waals surface area contributed by atoms with Gasteiger partial charge >= 0.3 is 5.97 Å². The normalized spacial score (nSPS) is 33.1. The van der Waals surface area contributed by atoms with Crippen LogP contribution in [-0.4, -0.2) is 16.2 Å². The van der Waals surface area contributed by atoms with Crippen LogP contribution in [0.1, 0.15) is 82.1 Å². The second-order valence-corrected chi connectivity index (χ2v) is 8.78. The second kappa shape index (κ2) is 4.68. The fourth-order valence-electron chi connectivity index (χ4n) is 5.55. The first-order chi connectivity index (χ1) is 11.2. The highest BCUT2D eigenvalue weighted by molar-refractivity contribution is 5.89. The zero-order valence-corrected chi connectivity index (χ0v) is 14.8. The number of carbonyl (C=O) groups excluding carboxylic acids is 1. The van der Waals surface area contributed by atoms with E-state index >= 15 is 0 Å². The summed E-state index contributed by atoms with van der Waals surface area (Å²) >= 11 is 0. The minimum atomic E-state index is -0.803. The smallest absolute Gasteiger partial charge is 0.317 e. The molecule has 3 atom stereocenters. The van der Waals surface area contributed by atoms with Gasteiger partial charge in [0.15, 0.2) is 11.5 Å². The Hall–Kier alpha value is -1.71. The molecular weight excluding hydrogens is 304 g/mol. The summed E-state index contributed by atoms with van der Waals surface area (Å²) in [6.07, 6.45) is 3.20. The number of benzene rings is 1. The van der Waals surface area contributed by atoms with Gasteiger partial charge in [-0.05, 0) is 42.6 Å². The standard InChI is InChI=1S/C20H26O4/c1-10(2)11-8-12-13-9-14-19(3,4)6-5-7-20(14,18(23)24-13)15(12)17(22)16(11)21/h8,10,13-14,21-22H,5-7,9H2,1-4H3/t13-,14+,20-/m1/s1. The molecule has 0 unspecified atom stereocenters. The Morgan fingerprint density at radius 2 is 1.92 bits per heavy atom. The fraction of sp³-hybridized carbons (Fsp3) is 0.650. The van der Waals surface area contributed by atoms with Gasteiger partial charge in [0.1, 0.15) is 11.5 Å². The van der Waals surface area contributed by atoms with Crippen molar-refractivity contribution in [2.75, 3.05) is 0 Å². The summed E-state index contributed by atoms with van der Waals surface area (Å²) in [6, 6.07) is 1.95. The zero-order chi connectivity index (χ0) is 17.4. The first kappa shape index (κ1) is 15.8. The minimum absolute atomic E-state index is 0.0202. The van der Waals surface area contributed by atoms with Gasteiger partial charge in [0.05, 0.1) is 0 Å². The van der Waals surface area contributed by atoms with Gasteiger partial charge in [-0.15, -0.1) is 0 Å². The summed E-state index contributed by atoms with van der Waals surface area (Å²) in [6.45, 7) is 8.40. The molecule has 1 saturated heterocycles. The van der Waals surface area contributed by atoms with Gasteiger partial charge in [-0.25, -0.2) is 0 Å². The first-order valence-corrected chi connectivity index (χ1v) is 9.00. The summed E-state index contributed by atoms with van der Waals surface area (Å²) in [5.74, 6) is -0.141. The maximum atomic E-state index is 12.9. The largest absolute Gasteiger partial charge is 0.504 e. The van der Waals surface area contributed by atoms with Crippen LogP contribution in [0.3, 0.4) is 0 Å². The van der Waals surface area contributed by atoms with Crippen LogP contribution in [0.5, 0.6) is 11.5 Å². The van der Waals surface area contributed by atoms with Gasteiger partial charge in [-0.2, -0.15) is 0 Å². The molecule has 2 N–H and O–H groups in total. The quantitative estimate of drug-likeness (QED) is 0.595. The Kier molecular flexibility index (Phi) is 3.08. The summed E-state index contributed by atoms with van der Waals surface area (Å²) in [5.41, 5.74) is 1.49. The highest BCUT2D eigenvalue weighted by Gasteiger charge is 2.65. The predicted octanol–water partition coefficient (Wildman–Crippen LogP) is 4.29. The van der Waals surface area contributed by atoms with Crippen molar-refractivity contribution in [3.05, 3.63) is 22.8 Å². The fourth-order valence-corrected chi connectivity index (χ4v) is 5.55. The number of carbonyl (C=O) groups is 1. The molecule has 1 aromatic carbocycles. The molecule has 1 aromatic rings. The van der Waals surface area contributed by atoms with E-state index in [1.807, 2.05) is 19.9 Å². The molecule has 0 radical (unpaired) electrons. The number of phenols is 2. The van der Waals surface area contributed by atoms with Gasteiger partial charge in [0.25, 0.3) is 0 Å². The van der Waals surface area contributed by atoms with Crippen LogP contribution in [-0.2, 0) is 14.9 Å². The lowest BCUT2D eigenvalue weighted by Gasteiger charge is -2.58. The number of phenolic OH excluding ortho intramolecular Hbond substituents is 2. The molecule has 130 valence electrons. The number of hydrogen-bond acceptors (Lipinski definition) is 4. The van der Waals surface area contributed by atoms with E-state index in [9.17, 15) is 15.0 Å². The molecule has 5 rings (SSSR count).